The molecular weight excluding hydrogens is 188 g/mol. The molecule has 1 saturated carbocycles. The molecule has 3 nitrogen and oxygen atoms in total. The molecule has 3 heteroatoms. The molecule has 15 heavy (non-hydrogen) atoms. The molecule has 0 amide bonds. The number of rotatable bonds is 1. The molecule has 3 N–H and O–H groups in total. The summed E-state index contributed by atoms with van der Waals surface area (Å²) < 4.78 is 0. The van der Waals surface area contributed by atoms with Crippen molar-refractivity contribution < 1.29 is 5.11 Å². The van der Waals surface area contributed by atoms with Gasteiger partial charge in [0.15, 0.2) is 0 Å². The first-order valence-corrected chi connectivity index (χ1v) is 5.35. The lowest BCUT2D eigenvalue weighted by atomic mass is 9.86. The number of nitrogens with zero attached hydrogens (tertiary/aromatic N) is 1. The van der Waals surface area contributed by atoms with Crippen LogP contribution in [0.25, 0.3) is 0 Å². The van der Waals surface area contributed by atoms with Crippen LogP contribution in [0.1, 0.15) is 38.7 Å². The van der Waals surface area contributed by atoms with Gasteiger partial charge in [-0.3, -0.25) is 4.98 Å². The van der Waals surface area contributed by atoms with Gasteiger partial charge in [0.25, 0.3) is 0 Å². The molecule has 1 atom stereocenters. The topological polar surface area (TPSA) is 59.1 Å². The molecule has 1 aliphatic rings. The van der Waals surface area contributed by atoms with Gasteiger partial charge in [-0.15, -0.1) is 0 Å². The van der Waals surface area contributed by atoms with Crippen LogP contribution in [0.2, 0.25) is 0 Å². The van der Waals surface area contributed by atoms with Gasteiger partial charge >= 0.3 is 0 Å². The van der Waals surface area contributed by atoms with Crippen LogP contribution in [-0.2, 0) is 5.60 Å². The lowest BCUT2D eigenvalue weighted by molar-refractivity contribution is 0.0343. The summed E-state index contributed by atoms with van der Waals surface area (Å²) in [4.78, 5) is 4.04. The van der Waals surface area contributed by atoms with Gasteiger partial charge in [0, 0.05) is 23.6 Å². The summed E-state index contributed by atoms with van der Waals surface area (Å²) in [6.07, 6.45) is 5.91. The fourth-order valence-electron chi connectivity index (χ4n) is 2.54. The van der Waals surface area contributed by atoms with Crippen LogP contribution in [0, 0.1) is 5.41 Å². The van der Waals surface area contributed by atoms with E-state index in [0.29, 0.717) is 5.69 Å². The van der Waals surface area contributed by atoms with E-state index in [-0.39, 0.29) is 5.41 Å². The maximum atomic E-state index is 10.6. The summed E-state index contributed by atoms with van der Waals surface area (Å²) in [5.74, 6) is 0. The Bertz CT molecular complexity index is 376. The lowest BCUT2D eigenvalue weighted by Gasteiger charge is -2.26. The highest BCUT2D eigenvalue weighted by Crippen LogP contribution is 2.49. The van der Waals surface area contributed by atoms with Gasteiger partial charge in [0.2, 0.25) is 0 Å². The molecule has 0 bridgehead atoms. The van der Waals surface area contributed by atoms with Crippen LogP contribution in [0.5, 0.6) is 0 Å². The van der Waals surface area contributed by atoms with Crippen molar-refractivity contribution in [1.29, 1.82) is 0 Å². The van der Waals surface area contributed by atoms with E-state index < -0.39 is 5.60 Å². The first-order chi connectivity index (χ1) is 6.93. The Labute approximate surface area is 90.3 Å². The second-order valence-corrected chi connectivity index (χ2v) is 5.34. The molecule has 1 heterocycles. The SMILES string of the molecule is CC1(C)CCC(O)(c2cnccc2N)C1. The molecule has 2 rings (SSSR count). The van der Waals surface area contributed by atoms with Crippen molar-refractivity contribution in [3.8, 4) is 0 Å². The van der Waals surface area contributed by atoms with Crippen molar-refractivity contribution in [3.05, 3.63) is 24.0 Å². The minimum atomic E-state index is -0.776. The molecule has 0 aliphatic heterocycles. The van der Waals surface area contributed by atoms with Gasteiger partial charge in [0.05, 0.1) is 5.60 Å². The van der Waals surface area contributed by atoms with Crippen LogP contribution in [-0.4, -0.2) is 10.1 Å². The molecule has 1 unspecified atom stereocenters. The van der Waals surface area contributed by atoms with Gasteiger partial charge in [0.1, 0.15) is 0 Å². The maximum Gasteiger partial charge on any atom is 0.0936 e. The molecule has 0 saturated heterocycles. The highest BCUT2D eigenvalue weighted by Gasteiger charge is 2.43. The first kappa shape index (κ1) is 10.4. The summed E-state index contributed by atoms with van der Waals surface area (Å²) in [7, 11) is 0. The predicted molar refractivity (Wildman–Crippen MR) is 60.2 cm³/mol. The van der Waals surface area contributed by atoms with E-state index in [0.717, 1.165) is 24.8 Å². The first-order valence-electron chi connectivity index (χ1n) is 5.35. The van der Waals surface area contributed by atoms with Crippen molar-refractivity contribution in [2.24, 2.45) is 5.41 Å². The van der Waals surface area contributed by atoms with Gasteiger partial charge in [-0.1, -0.05) is 13.8 Å². The fourth-order valence-corrected chi connectivity index (χ4v) is 2.54. The van der Waals surface area contributed by atoms with E-state index in [2.05, 4.69) is 18.8 Å². The minimum Gasteiger partial charge on any atom is -0.398 e. The Morgan fingerprint density at radius 1 is 1.40 bits per heavy atom. The van der Waals surface area contributed by atoms with E-state index in [9.17, 15) is 5.11 Å². The number of nitrogen functional groups attached to an aromatic ring is 1. The van der Waals surface area contributed by atoms with E-state index in [1.807, 2.05) is 0 Å². The van der Waals surface area contributed by atoms with E-state index in [4.69, 9.17) is 5.73 Å². The highest BCUT2D eigenvalue weighted by molar-refractivity contribution is 5.48. The third-order valence-corrected chi connectivity index (χ3v) is 3.34. The summed E-state index contributed by atoms with van der Waals surface area (Å²) in [5.41, 5.74) is 6.72. The zero-order chi connectivity index (χ0) is 11.1. The zero-order valence-electron chi connectivity index (χ0n) is 9.33. The Kier molecular flexibility index (Phi) is 2.23. The van der Waals surface area contributed by atoms with Crippen molar-refractivity contribution in [3.63, 3.8) is 0 Å². The van der Waals surface area contributed by atoms with Crippen molar-refractivity contribution >= 4 is 5.69 Å². The number of aromatic nitrogens is 1. The zero-order valence-corrected chi connectivity index (χ0v) is 9.33. The van der Waals surface area contributed by atoms with E-state index >= 15 is 0 Å². The predicted octanol–water partition coefficient (Wildman–Crippen LogP) is 2.06. The molecule has 1 aliphatic carbocycles. The number of hydrogen-bond acceptors (Lipinski definition) is 3. The number of anilines is 1. The summed E-state index contributed by atoms with van der Waals surface area (Å²) >= 11 is 0. The largest absolute Gasteiger partial charge is 0.398 e. The third-order valence-electron chi connectivity index (χ3n) is 3.34. The maximum absolute atomic E-state index is 10.6. The molecule has 1 aromatic rings. The van der Waals surface area contributed by atoms with Gasteiger partial charge < -0.3 is 10.8 Å². The van der Waals surface area contributed by atoms with Crippen molar-refractivity contribution in [1.82, 2.24) is 4.98 Å². The van der Waals surface area contributed by atoms with Crippen LogP contribution < -0.4 is 5.73 Å². The smallest absolute Gasteiger partial charge is 0.0936 e. The minimum absolute atomic E-state index is 0.191. The normalized spacial score (nSPS) is 29.3. The average Bonchev–Trinajstić information content (AvgIpc) is 2.42. The Morgan fingerprint density at radius 3 is 2.67 bits per heavy atom. The van der Waals surface area contributed by atoms with Gasteiger partial charge in [-0.05, 0) is 30.7 Å². The van der Waals surface area contributed by atoms with Crippen LogP contribution >= 0.6 is 0 Å². The Morgan fingerprint density at radius 2 is 2.13 bits per heavy atom. The number of pyridine rings is 1. The van der Waals surface area contributed by atoms with E-state index in [1.54, 1.807) is 18.5 Å². The lowest BCUT2D eigenvalue weighted by Crippen LogP contribution is -2.24. The highest BCUT2D eigenvalue weighted by atomic mass is 16.3. The summed E-state index contributed by atoms with van der Waals surface area (Å²) in [6, 6.07) is 1.75. The quantitative estimate of drug-likeness (QED) is 0.739. The summed E-state index contributed by atoms with van der Waals surface area (Å²) in [5, 5.41) is 10.6. The molecule has 0 spiro atoms. The van der Waals surface area contributed by atoms with Crippen LogP contribution in [0.15, 0.2) is 18.5 Å². The molecule has 82 valence electrons. The summed E-state index contributed by atoms with van der Waals surface area (Å²) in [6.45, 7) is 4.36. The van der Waals surface area contributed by atoms with E-state index in [1.165, 1.54) is 0 Å². The molecule has 1 fully saturated rings. The molecule has 0 aromatic carbocycles. The number of hydrogen-bond donors (Lipinski definition) is 2. The van der Waals surface area contributed by atoms with Gasteiger partial charge in [-0.2, -0.15) is 0 Å². The monoisotopic (exact) mass is 206 g/mol. The molecular formula is C12H18N2O. The third kappa shape index (κ3) is 1.84. The van der Waals surface area contributed by atoms with Crippen LogP contribution in [0.3, 0.4) is 0 Å². The second kappa shape index (κ2) is 3.20. The Hall–Kier alpha value is -1.09. The number of aliphatic hydroxyl groups is 1. The second-order valence-electron chi connectivity index (χ2n) is 5.34. The fraction of sp³-hybridized carbons (Fsp3) is 0.583. The molecule has 0 radical (unpaired) electrons. The number of nitrogens with two attached hydrogens (primary N) is 1. The van der Waals surface area contributed by atoms with Crippen molar-refractivity contribution in [2.45, 2.75) is 38.7 Å². The Balaban J connectivity index is 2.36. The standard InChI is InChI=1S/C12H18N2O/c1-11(2)4-5-12(15,8-11)9-7-14-6-3-10(9)13/h3,6-7,15H,4-5,8H2,1-2H3,(H2,13,14). The average molecular weight is 206 g/mol. The molecule has 1 aromatic heterocycles. The van der Waals surface area contributed by atoms with Gasteiger partial charge in [-0.25, -0.2) is 0 Å². The van der Waals surface area contributed by atoms with Crippen molar-refractivity contribution in [2.75, 3.05) is 5.73 Å². The van der Waals surface area contributed by atoms with Crippen LogP contribution in [0.4, 0.5) is 5.69 Å².